The van der Waals surface area contributed by atoms with Crippen LogP contribution in [0.1, 0.15) is 25.0 Å². The number of rotatable bonds is 5. The largest absolute Gasteiger partial charge is 0.611 e. The first-order valence-corrected chi connectivity index (χ1v) is 10.7. The third-order valence-electron chi connectivity index (χ3n) is 5.51. The molecule has 1 saturated carbocycles. The lowest BCUT2D eigenvalue weighted by atomic mass is 9.77. The van der Waals surface area contributed by atoms with Crippen LogP contribution in [0.4, 0.5) is 5.82 Å². The van der Waals surface area contributed by atoms with Crippen LogP contribution < -0.4 is 5.32 Å². The summed E-state index contributed by atoms with van der Waals surface area (Å²) in [6.45, 7) is 0.0403. The molecule has 144 valence electrons. The van der Waals surface area contributed by atoms with Gasteiger partial charge in [0, 0.05) is 17.5 Å². The van der Waals surface area contributed by atoms with E-state index in [0.717, 1.165) is 36.1 Å². The second-order valence-electron chi connectivity index (χ2n) is 7.30. The van der Waals surface area contributed by atoms with Gasteiger partial charge in [0.2, 0.25) is 10.8 Å². The molecule has 1 fully saturated rings. The van der Waals surface area contributed by atoms with Gasteiger partial charge in [0.25, 0.3) is 0 Å². The Morgan fingerprint density at radius 1 is 1.18 bits per heavy atom. The Balaban J connectivity index is 1.52. The van der Waals surface area contributed by atoms with E-state index in [1.54, 1.807) is 12.5 Å². The fraction of sp³-hybridized carbons (Fsp3) is 0.350. The van der Waals surface area contributed by atoms with Crippen molar-refractivity contribution in [2.45, 2.75) is 36.1 Å². The van der Waals surface area contributed by atoms with E-state index in [0.29, 0.717) is 34.6 Å². The molecule has 0 amide bonds. The summed E-state index contributed by atoms with van der Waals surface area (Å²) in [4.78, 5) is 14.2. The number of anilines is 1. The summed E-state index contributed by atoms with van der Waals surface area (Å²) in [5.41, 5.74) is 2.21. The highest BCUT2D eigenvalue weighted by atomic mass is 32.2. The summed E-state index contributed by atoms with van der Waals surface area (Å²) in [6, 6.07) is 7.71. The predicted octanol–water partition coefficient (Wildman–Crippen LogP) is 2.79. The first-order valence-electron chi connectivity index (χ1n) is 9.36. The number of hydrogen-bond acceptors (Lipinski definition) is 7. The van der Waals surface area contributed by atoms with Crippen molar-refractivity contribution in [2.75, 3.05) is 17.7 Å². The highest BCUT2D eigenvalue weighted by Crippen LogP contribution is 2.39. The van der Waals surface area contributed by atoms with Gasteiger partial charge in [0.1, 0.15) is 17.7 Å². The molecule has 3 aromatic rings. The van der Waals surface area contributed by atoms with Crippen LogP contribution in [0.5, 0.6) is 0 Å². The van der Waals surface area contributed by atoms with Crippen LogP contribution in [-0.2, 0) is 17.6 Å². The highest BCUT2D eigenvalue weighted by molar-refractivity contribution is 7.91. The van der Waals surface area contributed by atoms with E-state index in [1.165, 1.54) is 0 Å². The molecule has 1 aliphatic carbocycles. The van der Waals surface area contributed by atoms with Crippen LogP contribution in [0.15, 0.2) is 46.0 Å². The van der Waals surface area contributed by atoms with Crippen molar-refractivity contribution >= 4 is 17.0 Å². The smallest absolute Gasteiger partial charge is 0.225 e. The van der Waals surface area contributed by atoms with E-state index in [4.69, 9.17) is 9.40 Å². The molecule has 8 heteroatoms. The normalized spacial score (nSPS) is 19.9. The number of benzene rings is 1. The van der Waals surface area contributed by atoms with Gasteiger partial charge in [-0.2, -0.15) is 0 Å². The minimum atomic E-state index is -1.10. The minimum Gasteiger partial charge on any atom is -0.611 e. The van der Waals surface area contributed by atoms with Crippen molar-refractivity contribution in [1.82, 2.24) is 15.0 Å². The third kappa shape index (κ3) is 2.97. The lowest BCUT2D eigenvalue weighted by Gasteiger charge is -2.41. The Bertz CT molecular complexity index is 982. The number of aliphatic hydroxyl groups excluding tert-OH is 1. The summed E-state index contributed by atoms with van der Waals surface area (Å²) >= 11 is -1.10. The highest BCUT2D eigenvalue weighted by Gasteiger charge is 2.40. The van der Waals surface area contributed by atoms with Gasteiger partial charge in [0.05, 0.1) is 18.3 Å². The molecule has 0 bridgehead atoms. The number of oxazole rings is 1. The van der Waals surface area contributed by atoms with Crippen LogP contribution in [0.3, 0.4) is 0 Å². The first-order chi connectivity index (χ1) is 13.7. The molecular weight excluding hydrogens is 376 g/mol. The summed E-state index contributed by atoms with van der Waals surface area (Å²) in [7, 11) is 0. The molecule has 2 aliphatic rings. The topological polar surface area (TPSA) is 107 Å². The second kappa shape index (κ2) is 6.88. The Kier molecular flexibility index (Phi) is 4.34. The van der Waals surface area contributed by atoms with Crippen molar-refractivity contribution in [1.29, 1.82) is 0 Å². The van der Waals surface area contributed by atoms with Crippen LogP contribution in [0.2, 0.25) is 0 Å². The van der Waals surface area contributed by atoms with Crippen LogP contribution >= 0.6 is 0 Å². The van der Waals surface area contributed by atoms with Gasteiger partial charge in [-0.3, -0.25) is 0 Å². The molecule has 0 unspecified atom stereocenters. The lowest BCUT2D eigenvalue weighted by Crippen LogP contribution is -2.48. The Morgan fingerprint density at radius 2 is 1.96 bits per heavy atom. The van der Waals surface area contributed by atoms with Crippen molar-refractivity contribution in [2.24, 2.45) is 0 Å². The maximum atomic E-state index is 12.5. The molecule has 28 heavy (non-hydrogen) atoms. The molecule has 1 aliphatic heterocycles. The molecule has 3 heterocycles. The third-order valence-corrected chi connectivity index (χ3v) is 6.97. The summed E-state index contributed by atoms with van der Waals surface area (Å²) < 4.78 is 17.8. The SMILES string of the molecule is [O-][S@+]1CCc2nc(-c3ccc(-c4ncco4)cc3)nc(NC3(CO)CCC3)c21. The lowest BCUT2D eigenvalue weighted by molar-refractivity contribution is 0.143. The molecule has 5 rings (SSSR count). The molecule has 1 atom stereocenters. The molecule has 2 N–H and O–H groups in total. The molecule has 0 radical (unpaired) electrons. The van der Waals surface area contributed by atoms with E-state index < -0.39 is 11.2 Å². The predicted molar refractivity (Wildman–Crippen MR) is 105 cm³/mol. The van der Waals surface area contributed by atoms with Crippen molar-refractivity contribution in [3.05, 3.63) is 42.4 Å². The maximum absolute atomic E-state index is 12.5. The average Bonchev–Trinajstić information content (AvgIpc) is 3.35. The van der Waals surface area contributed by atoms with Gasteiger partial charge < -0.3 is 19.4 Å². The van der Waals surface area contributed by atoms with E-state index in [2.05, 4.69) is 15.3 Å². The fourth-order valence-corrected chi connectivity index (χ4v) is 5.02. The fourth-order valence-electron chi connectivity index (χ4n) is 3.72. The molecule has 0 spiro atoms. The maximum Gasteiger partial charge on any atom is 0.225 e. The first kappa shape index (κ1) is 17.7. The van der Waals surface area contributed by atoms with Crippen LogP contribution in [0, 0.1) is 0 Å². The molecule has 7 nitrogen and oxygen atoms in total. The zero-order chi connectivity index (χ0) is 19.1. The van der Waals surface area contributed by atoms with Crippen LogP contribution in [-0.4, -0.2) is 42.5 Å². The summed E-state index contributed by atoms with van der Waals surface area (Å²) in [5, 5.41) is 13.2. The monoisotopic (exact) mass is 396 g/mol. The zero-order valence-electron chi connectivity index (χ0n) is 15.2. The number of nitrogens with one attached hydrogen (secondary N) is 1. The number of nitrogens with zero attached hydrogens (tertiary/aromatic N) is 3. The van der Waals surface area contributed by atoms with Crippen molar-refractivity contribution in [3.8, 4) is 22.8 Å². The quantitative estimate of drug-likeness (QED) is 0.639. The van der Waals surface area contributed by atoms with Gasteiger partial charge in [-0.05, 0) is 42.6 Å². The van der Waals surface area contributed by atoms with Crippen LogP contribution in [0.25, 0.3) is 22.8 Å². The molecule has 2 aromatic heterocycles. The van der Waals surface area contributed by atoms with E-state index in [1.807, 2.05) is 24.3 Å². The minimum absolute atomic E-state index is 0.0403. The van der Waals surface area contributed by atoms with E-state index in [-0.39, 0.29) is 12.1 Å². The number of aromatic nitrogens is 3. The Morgan fingerprint density at radius 3 is 2.61 bits per heavy atom. The molecule has 0 saturated heterocycles. The summed E-state index contributed by atoms with van der Waals surface area (Å²) in [6.07, 6.45) is 6.67. The Hall–Kier alpha value is -2.42. The zero-order valence-corrected chi connectivity index (χ0v) is 16.0. The van der Waals surface area contributed by atoms with Gasteiger partial charge >= 0.3 is 0 Å². The van der Waals surface area contributed by atoms with Gasteiger partial charge in [0.15, 0.2) is 11.6 Å². The summed E-state index contributed by atoms with van der Waals surface area (Å²) in [5.74, 6) is 2.32. The Labute approximate surface area is 165 Å². The molecular formula is C20H20N4O3S. The van der Waals surface area contributed by atoms with E-state index >= 15 is 0 Å². The number of aryl methyl sites for hydroxylation is 1. The molecule has 1 aromatic carbocycles. The standard InChI is InChI=1S/C20H20N4O3S/c25-12-20(7-1-8-20)24-18-16-15(6-11-28(16)26)22-17(23-18)13-2-4-14(5-3-13)19-21-9-10-27-19/h2-5,9-10,25H,1,6-8,11-12H2,(H,22,23,24)/t28-/m1/s1. The van der Waals surface area contributed by atoms with Crippen molar-refractivity contribution in [3.63, 3.8) is 0 Å². The van der Waals surface area contributed by atoms with Gasteiger partial charge in [-0.15, -0.1) is 0 Å². The van der Waals surface area contributed by atoms with Gasteiger partial charge in [-0.1, -0.05) is 12.1 Å². The average molecular weight is 396 g/mol. The second-order valence-corrected chi connectivity index (χ2v) is 8.81. The van der Waals surface area contributed by atoms with E-state index in [9.17, 15) is 9.66 Å². The van der Waals surface area contributed by atoms with Crippen molar-refractivity contribution < 1.29 is 14.1 Å². The van der Waals surface area contributed by atoms with Gasteiger partial charge in [-0.25, -0.2) is 15.0 Å². The number of fused-ring (bicyclic) bond motifs is 1. The number of aliphatic hydroxyl groups is 1. The number of hydrogen-bond donors (Lipinski definition) is 2.